The molecule has 1 saturated heterocycles. The fourth-order valence-electron chi connectivity index (χ4n) is 2.01. The Kier molecular flexibility index (Phi) is 3.23. The molecular weight excluding hydrogens is 172 g/mol. The molecule has 1 unspecified atom stereocenters. The first-order valence-electron chi connectivity index (χ1n) is 5.66. The molecule has 2 nitrogen and oxygen atoms in total. The van der Waals surface area contributed by atoms with Gasteiger partial charge in [-0.15, -0.1) is 0 Å². The molecule has 0 aromatic rings. The van der Waals surface area contributed by atoms with Crippen molar-refractivity contribution >= 4 is 5.84 Å². The van der Waals surface area contributed by atoms with Crippen LogP contribution in [0.5, 0.6) is 0 Å². The molecule has 14 heavy (non-hydrogen) atoms. The van der Waals surface area contributed by atoms with E-state index in [2.05, 4.69) is 39.5 Å². The lowest BCUT2D eigenvalue weighted by atomic mass is 9.93. The van der Waals surface area contributed by atoms with Crippen molar-refractivity contribution < 1.29 is 0 Å². The van der Waals surface area contributed by atoms with E-state index in [4.69, 9.17) is 5.41 Å². The fraction of sp³-hybridized carbons (Fsp3) is 0.917. The molecule has 1 aliphatic heterocycles. The van der Waals surface area contributed by atoms with Gasteiger partial charge in [-0.25, -0.2) is 0 Å². The third-order valence-corrected chi connectivity index (χ3v) is 3.19. The zero-order valence-electron chi connectivity index (χ0n) is 10.2. The largest absolute Gasteiger partial charge is 0.360 e. The van der Waals surface area contributed by atoms with E-state index in [1.54, 1.807) is 0 Å². The van der Waals surface area contributed by atoms with Crippen LogP contribution in [0, 0.1) is 22.7 Å². The molecule has 0 saturated carbocycles. The highest BCUT2D eigenvalue weighted by Gasteiger charge is 2.30. The lowest BCUT2D eigenvalue weighted by Crippen LogP contribution is -2.37. The fourth-order valence-corrected chi connectivity index (χ4v) is 2.01. The van der Waals surface area contributed by atoms with E-state index in [1.807, 2.05) is 0 Å². The minimum Gasteiger partial charge on any atom is -0.360 e. The van der Waals surface area contributed by atoms with Gasteiger partial charge in [0.1, 0.15) is 5.84 Å². The molecular formula is C12H24N2. The maximum Gasteiger partial charge on any atom is 0.101 e. The highest BCUT2D eigenvalue weighted by atomic mass is 15.2. The summed E-state index contributed by atoms with van der Waals surface area (Å²) in [5, 5.41) is 8.09. The minimum absolute atomic E-state index is 0.00582. The van der Waals surface area contributed by atoms with Gasteiger partial charge in [-0.3, -0.25) is 5.41 Å². The van der Waals surface area contributed by atoms with E-state index in [1.165, 1.54) is 6.42 Å². The van der Waals surface area contributed by atoms with Crippen LogP contribution in [0.15, 0.2) is 0 Å². The molecule has 2 heteroatoms. The van der Waals surface area contributed by atoms with Gasteiger partial charge in [-0.2, -0.15) is 0 Å². The summed E-state index contributed by atoms with van der Waals surface area (Å²) in [6.07, 6.45) is 1.26. The van der Waals surface area contributed by atoms with Gasteiger partial charge in [0.25, 0.3) is 0 Å². The van der Waals surface area contributed by atoms with Crippen LogP contribution in [-0.4, -0.2) is 23.8 Å². The molecule has 0 aromatic heterocycles. The van der Waals surface area contributed by atoms with Crippen molar-refractivity contribution in [3.05, 3.63) is 0 Å². The second kappa shape index (κ2) is 3.92. The van der Waals surface area contributed by atoms with Gasteiger partial charge in [0.05, 0.1) is 0 Å². The summed E-state index contributed by atoms with van der Waals surface area (Å²) in [5.41, 5.74) is 0.00582. The van der Waals surface area contributed by atoms with Crippen LogP contribution in [0.4, 0.5) is 0 Å². The molecule has 1 N–H and O–H groups in total. The SMILES string of the molecule is CC(C)C1CCN(C(=N)C(C)(C)C)C1. The summed E-state index contributed by atoms with van der Waals surface area (Å²) in [5.74, 6) is 2.35. The van der Waals surface area contributed by atoms with E-state index >= 15 is 0 Å². The lowest BCUT2D eigenvalue weighted by Gasteiger charge is -2.29. The van der Waals surface area contributed by atoms with E-state index in [0.717, 1.165) is 30.8 Å². The van der Waals surface area contributed by atoms with Gasteiger partial charge in [0.15, 0.2) is 0 Å². The van der Waals surface area contributed by atoms with Crippen molar-refractivity contribution in [1.29, 1.82) is 5.41 Å². The average Bonchev–Trinajstić information content (AvgIpc) is 2.48. The van der Waals surface area contributed by atoms with Crippen molar-refractivity contribution in [3.8, 4) is 0 Å². The summed E-state index contributed by atoms with van der Waals surface area (Å²) >= 11 is 0. The molecule has 0 radical (unpaired) electrons. The van der Waals surface area contributed by atoms with Gasteiger partial charge >= 0.3 is 0 Å². The third kappa shape index (κ3) is 2.49. The normalized spacial score (nSPS) is 23.3. The van der Waals surface area contributed by atoms with Crippen LogP contribution < -0.4 is 0 Å². The zero-order valence-corrected chi connectivity index (χ0v) is 10.2. The Morgan fingerprint density at radius 2 is 1.93 bits per heavy atom. The smallest absolute Gasteiger partial charge is 0.101 e. The molecule has 1 atom stereocenters. The maximum absolute atomic E-state index is 8.09. The Morgan fingerprint density at radius 1 is 1.36 bits per heavy atom. The average molecular weight is 196 g/mol. The summed E-state index contributed by atoms with van der Waals surface area (Å²) in [6.45, 7) is 13.1. The first-order valence-corrected chi connectivity index (χ1v) is 5.66. The minimum atomic E-state index is 0.00582. The molecule has 82 valence electrons. The number of hydrogen-bond acceptors (Lipinski definition) is 1. The quantitative estimate of drug-likeness (QED) is 0.506. The molecule has 1 aliphatic rings. The van der Waals surface area contributed by atoms with Crippen molar-refractivity contribution in [2.24, 2.45) is 17.3 Å². The number of rotatable bonds is 1. The van der Waals surface area contributed by atoms with Gasteiger partial charge in [-0.1, -0.05) is 34.6 Å². The van der Waals surface area contributed by atoms with E-state index < -0.39 is 0 Å². The van der Waals surface area contributed by atoms with Gasteiger partial charge in [-0.05, 0) is 18.3 Å². The topological polar surface area (TPSA) is 27.1 Å². The van der Waals surface area contributed by atoms with Crippen LogP contribution in [0.1, 0.15) is 41.0 Å². The number of nitrogens with one attached hydrogen (secondary N) is 1. The first kappa shape index (κ1) is 11.5. The second-order valence-corrected chi connectivity index (χ2v) is 5.84. The summed E-state index contributed by atoms with van der Waals surface area (Å²) in [7, 11) is 0. The van der Waals surface area contributed by atoms with Crippen molar-refractivity contribution in [3.63, 3.8) is 0 Å². The lowest BCUT2D eigenvalue weighted by molar-refractivity contribution is 0.368. The summed E-state index contributed by atoms with van der Waals surface area (Å²) < 4.78 is 0. The monoisotopic (exact) mass is 196 g/mol. The first-order chi connectivity index (χ1) is 6.32. The van der Waals surface area contributed by atoms with Crippen molar-refractivity contribution in [2.45, 2.75) is 41.0 Å². The van der Waals surface area contributed by atoms with Crippen LogP contribution in [0.3, 0.4) is 0 Å². The summed E-state index contributed by atoms with van der Waals surface area (Å²) in [4.78, 5) is 2.25. The Morgan fingerprint density at radius 3 is 2.29 bits per heavy atom. The predicted octanol–water partition coefficient (Wildman–Crippen LogP) is 2.99. The van der Waals surface area contributed by atoms with E-state index in [0.29, 0.717) is 0 Å². The third-order valence-electron chi connectivity index (χ3n) is 3.19. The predicted molar refractivity (Wildman–Crippen MR) is 61.7 cm³/mol. The zero-order chi connectivity index (χ0) is 10.9. The van der Waals surface area contributed by atoms with Gasteiger partial charge in [0.2, 0.25) is 0 Å². The molecule has 0 aliphatic carbocycles. The van der Waals surface area contributed by atoms with Crippen LogP contribution >= 0.6 is 0 Å². The Balaban J connectivity index is 2.54. The maximum atomic E-state index is 8.09. The van der Waals surface area contributed by atoms with E-state index in [9.17, 15) is 0 Å². The van der Waals surface area contributed by atoms with Crippen LogP contribution in [0.2, 0.25) is 0 Å². The molecule has 1 fully saturated rings. The Labute approximate surface area is 88.2 Å². The molecule has 1 heterocycles. The van der Waals surface area contributed by atoms with Crippen LogP contribution in [0.25, 0.3) is 0 Å². The number of hydrogen-bond donors (Lipinski definition) is 1. The molecule has 0 amide bonds. The number of amidine groups is 1. The molecule has 0 bridgehead atoms. The standard InChI is InChI=1S/C12H24N2/c1-9(2)10-6-7-14(8-10)11(13)12(3,4)5/h9-10,13H,6-8H2,1-5H3. The number of likely N-dealkylation sites (tertiary alicyclic amines) is 1. The van der Waals surface area contributed by atoms with Crippen LogP contribution in [-0.2, 0) is 0 Å². The van der Waals surface area contributed by atoms with Crippen molar-refractivity contribution in [1.82, 2.24) is 4.90 Å². The highest BCUT2D eigenvalue weighted by molar-refractivity contribution is 5.84. The Bertz CT molecular complexity index is 213. The highest BCUT2D eigenvalue weighted by Crippen LogP contribution is 2.27. The van der Waals surface area contributed by atoms with Gasteiger partial charge in [0, 0.05) is 18.5 Å². The van der Waals surface area contributed by atoms with Gasteiger partial charge < -0.3 is 4.90 Å². The Hall–Kier alpha value is -0.530. The molecule has 0 aromatic carbocycles. The number of nitrogens with zero attached hydrogens (tertiary/aromatic N) is 1. The van der Waals surface area contributed by atoms with E-state index in [-0.39, 0.29) is 5.41 Å². The van der Waals surface area contributed by atoms with Crippen molar-refractivity contribution in [2.75, 3.05) is 13.1 Å². The molecule has 1 rings (SSSR count). The second-order valence-electron chi connectivity index (χ2n) is 5.84. The summed E-state index contributed by atoms with van der Waals surface area (Å²) in [6, 6.07) is 0. The molecule has 0 spiro atoms.